The number of nitrogens with one attached hydrogen (secondary N) is 2. The van der Waals surface area contributed by atoms with Gasteiger partial charge in [0, 0.05) is 19.5 Å². The zero-order chi connectivity index (χ0) is 17.2. The molecule has 0 aliphatic heterocycles. The van der Waals surface area contributed by atoms with E-state index in [1.54, 1.807) is 18.4 Å². The maximum absolute atomic E-state index is 13.6. The van der Waals surface area contributed by atoms with Gasteiger partial charge in [0.2, 0.25) is 0 Å². The zero-order valence-corrected chi connectivity index (χ0v) is 16.8. The van der Waals surface area contributed by atoms with Crippen molar-refractivity contribution in [3.05, 3.63) is 72.0 Å². The van der Waals surface area contributed by atoms with Crippen LogP contribution in [0.25, 0.3) is 0 Å². The molecule has 0 fully saturated rings. The average Bonchev–Trinajstić information content (AvgIpc) is 3.07. The van der Waals surface area contributed by atoms with Crippen molar-refractivity contribution in [2.24, 2.45) is 4.99 Å². The van der Waals surface area contributed by atoms with E-state index in [1.807, 2.05) is 25.1 Å². The maximum Gasteiger partial charge on any atom is 0.191 e. The summed E-state index contributed by atoms with van der Waals surface area (Å²) in [6.45, 7) is 7.65. The van der Waals surface area contributed by atoms with E-state index in [9.17, 15) is 4.39 Å². The van der Waals surface area contributed by atoms with Crippen molar-refractivity contribution in [1.29, 1.82) is 0 Å². The molecule has 0 aliphatic rings. The number of hydrogen-bond acceptors (Lipinski definition) is 2. The van der Waals surface area contributed by atoms with Crippen molar-refractivity contribution in [2.45, 2.75) is 19.8 Å². The van der Waals surface area contributed by atoms with Crippen LogP contribution in [0.15, 0.2) is 64.2 Å². The first kappa shape index (κ1) is 21.2. The van der Waals surface area contributed by atoms with Gasteiger partial charge in [-0.15, -0.1) is 24.0 Å². The molecule has 6 heteroatoms. The second kappa shape index (κ2) is 11.7. The summed E-state index contributed by atoms with van der Waals surface area (Å²) >= 11 is 0. The van der Waals surface area contributed by atoms with Crippen LogP contribution >= 0.6 is 24.0 Å². The SMILES string of the molecule is C=C(C)CN=C(NCCc1ccco1)NCCc1ccccc1F.I. The molecule has 0 unspecified atom stereocenters. The Labute approximate surface area is 165 Å². The Hall–Kier alpha value is -1.83. The van der Waals surface area contributed by atoms with Crippen LogP contribution in [0.3, 0.4) is 0 Å². The van der Waals surface area contributed by atoms with E-state index in [-0.39, 0.29) is 29.8 Å². The van der Waals surface area contributed by atoms with Gasteiger partial charge in [0.1, 0.15) is 11.6 Å². The molecule has 2 aromatic rings. The number of guanidine groups is 1. The van der Waals surface area contributed by atoms with Crippen molar-refractivity contribution in [3.63, 3.8) is 0 Å². The molecule has 4 nitrogen and oxygen atoms in total. The lowest BCUT2D eigenvalue weighted by Gasteiger charge is -2.12. The molecule has 0 saturated carbocycles. The molecule has 0 spiro atoms. The molecule has 1 aromatic heterocycles. The van der Waals surface area contributed by atoms with Gasteiger partial charge in [0.05, 0.1) is 12.8 Å². The second-order valence-corrected chi connectivity index (χ2v) is 5.65. The van der Waals surface area contributed by atoms with Gasteiger partial charge >= 0.3 is 0 Å². The summed E-state index contributed by atoms with van der Waals surface area (Å²) in [7, 11) is 0. The molecule has 1 aromatic carbocycles. The van der Waals surface area contributed by atoms with E-state index in [2.05, 4.69) is 22.2 Å². The highest BCUT2D eigenvalue weighted by Crippen LogP contribution is 2.06. The fourth-order valence-electron chi connectivity index (χ4n) is 2.16. The van der Waals surface area contributed by atoms with Gasteiger partial charge in [0.25, 0.3) is 0 Å². The van der Waals surface area contributed by atoms with Gasteiger partial charge in [-0.1, -0.05) is 30.4 Å². The van der Waals surface area contributed by atoms with Crippen molar-refractivity contribution >= 4 is 29.9 Å². The van der Waals surface area contributed by atoms with Crippen LogP contribution < -0.4 is 10.6 Å². The lowest BCUT2D eigenvalue weighted by molar-refractivity contribution is 0.506. The smallest absolute Gasteiger partial charge is 0.191 e. The number of benzene rings is 1. The highest BCUT2D eigenvalue weighted by molar-refractivity contribution is 14.0. The molecule has 2 rings (SSSR count). The quantitative estimate of drug-likeness (QED) is 0.273. The van der Waals surface area contributed by atoms with E-state index in [4.69, 9.17) is 4.42 Å². The molecule has 0 aliphatic carbocycles. The van der Waals surface area contributed by atoms with Crippen molar-refractivity contribution in [3.8, 4) is 0 Å². The summed E-state index contributed by atoms with van der Waals surface area (Å²) in [5, 5.41) is 6.49. The Morgan fingerprint density at radius 3 is 2.48 bits per heavy atom. The molecule has 0 bridgehead atoms. The van der Waals surface area contributed by atoms with Crippen LogP contribution in [0.2, 0.25) is 0 Å². The normalized spacial score (nSPS) is 10.9. The first-order valence-electron chi connectivity index (χ1n) is 8.07. The van der Waals surface area contributed by atoms with Crippen LogP contribution in [-0.4, -0.2) is 25.6 Å². The highest BCUT2D eigenvalue weighted by atomic mass is 127. The number of halogens is 2. The van der Waals surface area contributed by atoms with Crippen molar-refractivity contribution in [1.82, 2.24) is 10.6 Å². The first-order valence-corrected chi connectivity index (χ1v) is 8.07. The molecule has 0 radical (unpaired) electrons. The Balaban J connectivity index is 0.00000312. The van der Waals surface area contributed by atoms with E-state index in [0.717, 1.165) is 17.8 Å². The fraction of sp³-hybridized carbons (Fsp3) is 0.316. The number of furan rings is 1. The van der Waals surface area contributed by atoms with Gasteiger partial charge in [0.15, 0.2) is 5.96 Å². The van der Waals surface area contributed by atoms with E-state index in [0.29, 0.717) is 37.6 Å². The van der Waals surface area contributed by atoms with Gasteiger partial charge in [-0.3, -0.25) is 0 Å². The number of nitrogens with zero attached hydrogens (tertiary/aromatic N) is 1. The summed E-state index contributed by atoms with van der Waals surface area (Å²) in [5.41, 5.74) is 1.68. The van der Waals surface area contributed by atoms with Crippen LogP contribution in [0.4, 0.5) is 4.39 Å². The molecule has 0 atom stereocenters. The lowest BCUT2D eigenvalue weighted by atomic mass is 10.1. The largest absolute Gasteiger partial charge is 0.469 e. The topological polar surface area (TPSA) is 49.6 Å². The Morgan fingerprint density at radius 2 is 1.84 bits per heavy atom. The number of aliphatic imine (C=N–C) groups is 1. The van der Waals surface area contributed by atoms with E-state index >= 15 is 0 Å². The van der Waals surface area contributed by atoms with Gasteiger partial charge in [-0.05, 0) is 37.1 Å². The minimum absolute atomic E-state index is 0. The van der Waals surface area contributed by atoms with Gasteiger partial charge in [-0.2, -0.15) is 0 Å². The molecular weight excluding hydrogens is 432 g/mol. The molecular formula is C19H25FIN3O. The third kappa shape index (κ3) is 8.20. The third-order valence-electron chi connectivity index (χ3n) is 3.40. The Morgan fingerprint density at radius 1 is 1.12 bits per heavy atom. The maximum atomic E-state index is 13.6. The minimum Gasteiger partial charge on any atom is -0.469 e. The van der Waals surface area contributed by atoms with Crippen molar-refractivity contribution < 1.29 is 8.81 Å². The van der Waals surface area contributed by atoms with Gasteiger partial charge < -0.3 is 15.1 Å². The summed E-state index contributed by atoms with van der Waals surface area (Å²) in [6, 6.07) is 10.6. The van der Waals surface area contributed by atoms with Crippen LogP contribution in [0.5, 0.6) is 0 Å². The third-order valence-corrected chi connectivity index (χ3v) is 3.40. The summed E-state index contributed by atoms with van der Waals surface area (Å²) < 4.78 is 18.9. The average molecular weight is 457 g/mol. The van der Waals surface area contributed by atoms with Crippen molar-refractivity contribution in [2.75, 3.05) is 19.6 Å². The Kier molecular flexibility index (Phi) is 9.91. The van der Waals surface area contributed by atoms with Gasteiger partial charge in [-0.25, -0.2) is 9.38 Å². The molecule has 1 heterocycles. The fourth-order valence-corrected chi connectivity index (χ4v) is 2.16. The summed E-state index contributed by atoms with van der Waals surface area (Å²) in [5.74, 6) is 1.44. The highest BCUT2D eigenvalue weighted by Gasteiger charge is 2.03. The van der Waals surface area contributed by atoms with Crippen LogP contribution in [0, 0.1) is 5.82 Å². The first-order chi connectivity index (χ1) is 11.6. The lowest BCUT2D eigenvalue weighted by Crippen LogP contribution is -2.39. The monoisotopic (exact) mass is 457 g/mol. The second-order valence-electron chi connectivity index (χ2n) is 5.65. The standard InChI is InChI=1S/C19H24FN3O.HI/c1-15(2)14-23-19(22-12-10-17-7-5-13-24-17)21-11-9-16-6-3-4-8-18(16)20;/h3-8,13H,1,9-12,14H2,2H3,(H2,21,22,23);1H. The predicted octanol–water partition coefficient (Wildman–Crippen LogP) is 3.93. The van der Waals surface area contributed by atoms with E-state index in [1.165, 1.54) is 6.07 Å². The number of hydrogen-bond donors (Lipinski definition) is 2. The van der Waals surface area contributed by atoms with Crippen LogP contribution in [-0.2, 0) is 12.8 Å². The predicted molar refractivity (Wildman–Crippen MR) is 111 cm³/mol. The summed E-state index contributed by atoms with van der Waals surface area (Å²) in [4.78, 5) is 4.47. The summed E-state index contributed by atoms with van der Waals surface area (Å²) in [6.07, 6.45) is 3.03. The molecule has 0 amide bonds. The van der Waals surface area contributed by atoms with Crippen LogP contribution in [0.1, 0.15) is 18.2 Å². The Bertz CT molecular complexity index is 671. The molecule has 2 N–H and O–H groups in total. The molecule has 25 heavy (non-hydrogen) atoms. The van der Waals surface area contributed by atoms with E-state index < -0.39 is 0 Å². The number of rotatable bonds is 8. The molecule has 136 valence electrons. The molecule has 0 saturated heterocycles. The zero-order valence-electron chi connectivity index (χ0n) is 14.4. The minimum atomic E-state index is -0.175.